The summed E-state index contributed by atoms with van der Waals surface area (Å²) >= 11 is 0. The van der Waals surface area contributed by atoms with E-state index in [1.54, 1.807) is 6.92 Å². The lowest BCUT2D eigenvalue weighted by Gasteiger charge is -2.15. The van der Waals surface area contributed by atoms with E-state index in [4.69, 9.17) is 10.2 Å². The predicted octanol–water partition coefficient (Wildman–Crippen LogP) is 1.54. The van der Waals surface area contributed by atoms with Gasteiger partial charge in [0.05, 0.1) is 5.69 Å². The van der Waals surface area contributed by atoms with Gasteiger partial charge < -0.3 is 15.5 Å². The third kappa shape index (κ3) is 2.99. The SMILES string of the molecule is Cc1cc(-c2cc(N)c(=O)n([C@H](C)C(=O)NC3CC3)n2)c(C)o1. The zero-order valence-electron chi connectivity index (χ0n) is 13.4. The molecule has 0 saturated heterocycles. The molecule has 122 valence electrons. The minimum Gasteiger partial charge on any atom is -0.466 e. The van der Waals surface area contributed by atoms with Crippen LogP contribution >= 0.6 is 0 Å². The fourth-order valence-corrected chi connectivity index (χ4v) is 2.47. The normalized spacial score (nSPS) is 15.4. The van der Waals surface area contributed by atoms with Crippen molar-refractivity contribution in [3.8, 4) is 11.3 Å². The van der Waals surface area contributed by atoms with Crippen molar-refractivity contribution in [2.45, 2.75) is 45.7 Å². The number of nitrogens with one attached hydrogen (secondary N) is 1. The van der Waals surface area contributed by atoms with Crippen molar-refractivity contribution in [1.82, 2.24) is 15.1 Å². The van der Waals surface area contributed by atoms with Crippen LogP contribution < -0.4 is 16.6 Å². The second-order valence-electron chi connectivity index (χ2n) is 6.02. The molecule has 0 aromatic carbocycles. The molecule has 1 atom stereocenters. The molecule has 0 aliphatic heterocycles. The molecule has 2 aromatic heterocycles. The van der Waals surface area contributed by atoms with Crippen LogP contribution in [0.25, 0.3) is 11.3 Å². The number of nitrogens with zero attached hydrogens (tertiary/aromatic N) is 2. The smallest absolute Gasteiger partial charge is 0.290 e. The summed E-state index contributed by atoms with van der Waals surface area (Å²) < 4.78 is 6.64. The molecule has 1 amide bonds. The van der Waals surface area contributed by atoms with Crippen LogP contribution in [0, 0.1) is 13.8 Å². The van der Waals surface area contributed by atoms with Gasteiger partial charge in [-0.25, -0.2) is 4.68 Å². The number of carbonyl (C=O) groups is 1. The Morgan fingerprint density at radius 1 is 1.43 bits per heavy atom. The summed E-state index contributed by atoms with van der Waals surface area (Å²) in [6, 6.07) is 2.85. The number of furan rings is 1. The molecule has 7 heteroatoms. The van der Waals surface area contributed by atoms with Crippen molar-refractivity contribution in [3.63, 3.8) is 0 Å². The number of hydrogen-bond donors (Lipinski definition) is 2. The van der Waals surface area contributed by atoms with Gasteiger partial charge in [0.25, 0.3) is 5.56 Å². The molecule has 0 unspecified atom stereocenters. The van der Waals surface area contributed by atoms with E-state index in [9.17, 15) is 9.59 Å². The molecule has 1 fully saturated rings. The maximum Gasteiger partial charge on any atom is 0.290 e. The Labute approximate surface area is 133 Å². The highest BCUT2D eigenvalue weighted by molar-refractivity contribution is 5.80. The zero-order valence-corrected chi connectivity index (χ0v) is 13.4. The second-order valence-corrected chi connectivity index (χ2v) is 6.02. The number of amides is 1. The quantitative estimate of drug-likeness (QED) is 0.890. The minimum atomic E-state index is -0.723. The van der Waals surface area contributed by atoms with Gasteiger partial charge in [-0.05, 0) is 45.7 Å². The van der Waals surface area contributed by atoms with Gasteiger partial charge in [0, 0.05) is 11.6 Å². The molecule has 0 spiro atoms. The number of carbonyl (C=O) groups excluding carboxylic acids is 1. The predicted molar refractivity (Wildman–Crippen MR) is 86.0 cm³/mol. The van der Waals surface area contributed by atoms with E-state index in [0.29, 0.717) is 11.5 Å². The molecule has 1 saturated carbocycles. The second kappa shape index (κ2) is 5.57. The molecule has 2 heterocycles. The Kier molecular flexibility index (Phi) is 3.71. The molecule has 3 N–H and O–H groups in total. The number of nitrogen functional groups attached to an aromatic ring is 1. The molecule has 0 radical (unpaired) electrons. The van der Waals surface area contributed by atoms with E-state index in [1.165, 1.54) is 6.07 Å². The summed E-state index contributed by atoms with van der Waals surface area (Å²) in [6.45, 7) is 5.29. The van der Waals surface area contributed by atoms with E-state index < -0.39 is 11.6 Å². The zero-order chi connectivity index (χ0) is 16.7. The first-order valence-corrected chi connectivity index (χ1v) is 7.64. The van der Waals surface area contributed by atoms with E-state index in [2.05, 4.69) is 10.4 Å². The first-order valence-electron chi connectivity index (χ1n) is 7.64. The van der Waals surface area contributed by atoms with Gasteiger partial charge in [0.15, 0.2) is 0 Å². The van der Waals surface area contributed by atoms with Gasteiger partial charge in [-0.15, -0.1) is 0 Å². The highest BCUT2D eigenvalue weighted by Gasteiger charge is 2.27. The average Bonchev–Trinajstić information content (AvgIpc) is 3.24. The van der Waals surface area contributed by atoms with Crippen molar-refractivity contribution in [1.29, 1.82) is 0 Å². The molecular formula is C16H20N4O3. The van der Waals surface area contributed by atoms with Gasteiger partial charge in [-0.3, -0.25) is 9.59 Å². The summed E-state index contributed by atoms with van der Waals surface area (Å²) in [5, 5.41) is 7.21. The van der Waals surface area contributed by atoms with Crippen LogP contribution in [0.4, 0.5) is 5.69 Å². The maximum absolute atomic E-state index is 12.3. The Morgan fingerprint density at radius 3 is 2.70 bits per heavy atom. The Hall–Kier alpha value is -2.57. The summed E-state index contributed by atoms with van der Waals surface area (Å²) in [7, 11) is 0. The summed E-state index contributed by atoms with van der Waals surface area (Å²) in [5.41, 5.74) is 6.70. The number of rotatable bonds is 4. The van der Waals surface area contributed by atoms with Crippen LogP contribution in [-0.4, -0.2) is 21.7 Å². The Bertz CT molecular complexity index is 817. The van der Waals surface area contributed by atoms with Crippen molar-refractivity contribution < 1.29 is 9.21 Å². The topological polar surface area (TPSA) is 103 Å². The fraction of sp³-hybridized carbons (Fsp3) is 0.438. The number of hydrogen-bond acceptors (Lipinski definition) is 5. The first kappa shape index (κ1) is 15.3. The highest BCUT2D eigenvalue weighted by Crippen LogP contribution is 2.25. The molecule has 1 aliphatic rings. The standard InChI is InChI=1S/C16H20N4O3/c1-8-6-12(10(3)23-8)14-7-13(17)16(22)20(19-14)9(2)15(21)18-11-4-5-11/h6-7,9,11H,4-5,17H2,1-3H3,(H,18,21)/t9-/m1/s1. The lowest BCUT2D eigenvalue weighted by Crippen LogP contribution is -2.38. The number of anilines is 1. The van der Waals surface area contributed by atoms with Crippen LogP contribution in [0.1, 0.15) is 37.3 Å². The molecule has 7 nitrogen and oxygen atoms in total. The summed E-state index contributed by atoms with van der Waals surface area (Å²) in [4.78, 5) is 24.5. The lowest BCUT2D eigenvalue weighted by molar-refractivity contribution is -0.124. The highest BCUT2D eigenvalue weighted by atomic mass is 16.3. The largest absolute Gasteiger partial charge is 0.466 e. The molecule has 2 aromatic rings. The summed E-state index contributed by atoms with van der Waals surface area (Å²) in [5.74, 6) is 1.21. The van der Waals surface area contributed by atoms with Crippen LogP contribution in [0.3, 0.4) is 0 Å². The van der Waals surface area contributed by atoms with Gasteiger partial charge in [0.1, 0.15) is 23.2 Å². The molecular weight excluding hydrogens is 296 g/mol. The first-order chi connectivity index (χ1) is 10.9. The monoisotopic (exact) mass is 316 g/mol. The fourth-order valence-electron chi connectivity index (χ4n) is 2.47. The maximum atomic E-state index is 12.3. The van der Waals surface area contributed by atoms with Crippen LogP contribution in [0.5, 0.6) is 0 Å². The van der Waals surface area contributed by atoms with E-state index in [1.807, 2.05) is 19.9 Å². The van der Waals surface area contributed by atoms with Crippen molar-refractivity contribution >= 4 is 11.6 Å². The average molecular weight is 316 g/mol. The van der Waals surface area contributed by atoms with E-state index >= 15 is 0 Å². The van der Waals surface area contributed by atoms with Gasteiger partial charge in [-0.2, -0.15) is 5.10 Å². The minimum absolute atomic E-state index is 0.0549. The van der Waals surface area contributed by atoms with Gasteiger partial charge in [0.2, 0.25) is 5.91 Å². The molecule has 0 bridgehead atoms. The van der Waals surface area contributed by atoms with Crippen molar-refractivity contribution in [3.05, 3.63) is 34.0 Å². The number of aromatic nitrogens is 2. The van der Waals surface area contributed by atoms with Gasteiger partial charge in [-0.1, -0.05) is 0 Å². The van der Waals surface area contributed by atoms with Crippen molar-refractivity contribution in [2.24, 2.45) is 0 Å². The van der Waals surface area contributed by atoms with E-state index in [0.717, 1.165) is 28.8 Å². The number of nitrogens with two attached hydrogens (primary N) is 1. The number of aryl methyl sites for hydroxylation is 2. The third-order valence-corrected chi connectivity index (χ3v) is 3.95. The Morgan fingerprint density at radius 2 is 2.13 bits per heavy atom. The van der Waals surface area contributed by atoms with Crippen LogP contribution in [0.15, 0.2) is 21.3 Å². The third-order valence-electron chi connectivity index (χ3n) is 3.95. The van der Waals surface area contributed by atoms with Crippen LogP contribution in [-0.2, 0) is 4.79 Å². The molecule has 3 rings (SSSR count). The molecule has 1 aliphatic carbocycles. The molecule has 23 heavy (non-hydrogen) atoms. The van der Waals surface area contributed by atoms with Crippen LogP contribution in [0.2, 0.25) is 0 Å². The van der Waals surface area contributed by atoms with Crippen molar-refractivity contribution in [2.75, 3.05) is 5.73 Å². The van der Waals surface area contributed by atoms with E-state index in [-0.39, 0.29) is 17.6 Å². The summed E-state index contributed by atoms with van der Waals surface area (Å²) in [6.07, 6.45) is 1.97. The van der Waals surface area contributed by atoms with Gasteiger partial charge >= 0.3 is 0 Å². The Balaban J connectivity index is 2.01. The lowest BCUT2D eigenvalue weighted by atomic mass is 10.1.